The lowest BCUT2D eigenvalue weighted by molar-refractivity contribution is -0.0365. The van der Waals surface area contributed by atoms with E-state index >= 15 is 0 Å². The Kier molecular flexibility index (Phi) is 8.58. The highest BCUT2D eigenvalue weighted by Crippen LogP contribution is 2.35. The summed E-state index contributed by atoms with van der Waals surface area (Å²) in [5.41, 5.74) is 3.28. The number of hydrogen-bond donors (Lipinski definition) is 2. The van der Waals surface area contributed by atoms with Crippen LogP contribution in [-0.4, -0.2) is 65.0 Å². The number of rotatable bonds is 11. The van der Waals surface area contributed by atoms with Crippen molar-refractivity contribution >= 4 is 21.0 Å². The van der Waals surface area contributed by atoms with Gasteiger partial charge in [-0.25, -0.2) is 4.68 Å². The van der Waals surface area contributed by atoms with Gasteiger partial charge in [0.1, 0.15) is 11.4 Å². The van der Waals surface area contributed by atoms with Gasteiger partial charge in [-0.2, -0.15) is 13.5 Å². The molecular formula is C25H33N3O7S. The first-order chi connectivity index (χ1) is 17.2. The van der Waals surface area contributed by atoms with Crippen LogP contribution in [0.2, 0.25) is 0 Å². The Bertz CT molecular complexity index is 1270. The molecule has 0 saturated carbocycles. The molecule has 1 aromatic carbocycles. The Morgan fingerprint density at radius 3 is 2.78 bits per heavy atom. The van der Waals surface area contributed by atoms with Crippen LogP contribution in [-0.2, 0) is 24.3 Å². The second kappa shape index (κ2) is 11.7. The van der Waals surface area contributed by atoms with E-state index in [0.717, 1.165) is 41.3 Å². The van der Waals surface area contributed by atoms with Crippen LogP contribution in [0, 0.1) is 5.92 Å². The second-order valence-electron chi connectivity index (χ2n) is 9.26. The van der Waals surface area contributed by atoms with E-state index in [1.54, 1.807) is 31.5 Å². The van der Waals surface area contributed by atoms with Crippen molar-refractivity contribution in [3.05, 3.63) is 42.2 Å². The number of nitrogens with zero attached hydrogens (tertiary/aromatic N) is 3. The first kappa shape index (κ1) is 26.5. The predicted octanol–water partition coefficient (Wildman–Crippen LogP) is 4.12. The molecular weight excluding hydrogens is 486 g/mol. The van der Waals surface area contributed by atoms with Gasteiger partial charge >= 0.3 is 0 Å². The summed E-state index contributed by atoms with van der Waals surface area (Å²) in [6, 6.07) is 7.21. The third-order valence-electron chi connectivity index (χ3n) is 6.11. The minimum Gasteiger partial charge on any atom is -0.508 e. The lowest BCUT2D eigenvalue weighted by atomic mass is 10.1. The molecule has 0 aliphatic carbocycles. The minimum absolute atomic E-state index is 0.141. The van der Waals surface area contributed by atoms with Crippen LogP contribution in [0.1, 0.15) is 51.0 Å². The smallest absolute Gasteiger partial charge is 0.265 e. The fourth-order valence-corrected chi connectivity index (χ4v) is 5.18. The Labute approximate surface area is 210 Å². The van der Waals surface area contributed by atoms with Crippen molar-refractivity contribution in [2.75, 3.05) is 32.2 Å². The topological polar surface area (TPSA) is 133 Å². The van der Waals surface area contributed by atoms with Gasteiger partial charge in [-0.15, -0.1) is 0 Å². The quantitative estimate of drug-likeness (QED) is 0.283. The predicted molar refractivity (Wildman–Crippen MR) is 134 cm³/mol. The minimum atomic E-state index is -4.01. The summed E-state index contributed by atoms with van der Waals surface area (Å²) in [4.78, 5) is 4.40. The zero-order chi connectivity index (χ0) is 25.7. The highest BCUT2D eigenvalue weighted by molar-refractivity contribution is 7.85. The van der Waals surface area contributed by atoms with Crippen molar-refractivity contribution in [1.29, 1.82) is 0 Å². The molecule has 3 unspecified atom stereocenters. The average Bonchev–Trinajstić information content (AvgIpc) is 3.22. The zero-order valence-corrected chi connectivity index (χ0v) is 21.4. The molecule has 3 heterocycles. The fourth-order valence-electron chi connectivity index (χ4n) is 4.36. The zero-order valence-electron chi connectivity index (χ0n) is 20.5. The highest BCUT2D eigenvalue weighted by atomic mass is 32.2. The van der Waals surface area contributed by atoms with Gasteiger partial charge in [0.15, 0.2) is 6.23 Å². The number of pyridine rings is 1. The molecule has 0 spiro atoms. The third-order valence-corrected chi connectivity index (χ3v) is 7.10. The fraction of sp³-hybridized carbons (Fsp3) is 0.520. The molecule has 1 fully saturated rings. The molecule has 11 heteroatoms. The summed E-state index contributed by atoms with van der Waals surface area (Å²) >= 11 is 0. The Balaban J connectivity index is 1.44. The summed E-state index contributed by atoms with van der Waals surface area (Å²) in [6.07, 6.45) is 6.09. The SMILES string of the molecule is CC(COCCOC(C)c1cncc(-c2nn(C3CCCCO3)c3ccc(O)cc23)c1)CS(=O)(=O)O. The molecule has 10 nitrogen and oxygen atoms in total. The van der Waals surface area contributed by atoms with Crippen LogP contribution in [0.25, 0.3) is 22.2 Å². The molecule has 196 valence electrons. The van der Waals surface area contributed by atoms with Crippen LogP contribution >= 0.6 is 0 Å². The van der Waals surface area contributed by atoms with Gasteiger partial charge in [-0.1, -0.05) is 6.92 Å². The number of aromatic hydroxyl groups is 1. The largest absolute Gasteiger partial charge is 0.508 e. The normalized spacial score (nSPS) is 18.4. The maximum atomic E-state index is 10.9. The van der Waals surface area contributed by atoms with Crippen molar-refractivity contribution in [1.82, 2.24) is 14.8 Å². The van der Waals surface area contributed by atoms with Gasteiger partial charge in [-0.3, -0.25) is 9.54 Å². The number of phenols is 1. The molecule has 0 radical (unpaired) electrons. The number of aromatic nitrogens is 3. The van der Waals surface area contributed by atoms with E-state index in [1.807, 2.05) is 23.7 Å². The highest BCUT2D eigenvalue weighted by Gasteiger charge is 2.22. The number of hydrogen-bond acceptors (Lipinski definition) is 8. The van der Waals surface area contributed by atoms with E-state index in [9.17, 15) is 13.5 Å². The summed E-state index contributed by atoms with van der Waals surface area (Å²) < 4.78 is 50.0. The van der Waals surface area contributed by atoms with Gasteiger partial charge in [-0.05, 0) is 61.9 Å². The van der Waals surface area contributed by atoms with Crippen molar-refractivity contribution < 1.29 is 32.3 Å². The summed E-state index contributed by atoms with van der Waals surface area (Å²) in [7, 11) is -4.01. The van der Waals surface area contributed by atoms with Crippen LogP contribution in [0.15, 0.2) is 36.7 Å². The Morgan fingerprint density at radius 2 is 2.03 bits per heavy atom. The van der Waals surface area contributed by atoms with E-state index in [1.165, 1.54) is 0 Å². The maximum Gasteiger partial charge on any atom is 0.265 e. The van der Waals surface area contributed by atoms with E-state index < -0.39 is 10.1 Å². The number of phenolic OH excluding ortho intramolecular Hbond substituents is 1. The van der Waals surface area contributed by atoms with Crippen molar-refractivity contribution in [2.24, 2.45) is 5.92 Å². The molecule has 1 aliphatic rings. The molecule has 3 atom stereocenters. The second-order valence-corrected chi connectivity index (χ2v) is 10.8. The molecule has 2 N–H and O–H groups in total. The standard InChI is InChI=1S/C25H33N3O7S/c1-17(16-36(30,31)32)15-33-9-10-34-18(2)19-11-20(14-26-13-19)25-22-12-21(29)6-7-23(22)28(27-25)24-5-3-4-8-35-24/h6-7,11-14,17-18,24,29H,3-5,8-10,15-16H2,1-2H3,(H,30,31,32). The van der Waals surface area contributed by atoms with Crippen LogP contribution < -0.4 is 0 Å². The Morgan fingerprint density at radius 1 is 1.19 bits per heavy atom. The van der Waals surface area contributed by atoms with Crippen molar-refractivity contribution in [3.63, 3.8) is 0 Å². The molecule has 1 saturated heterocycles. The van der Waals surface area contributed by atoms with Crippen molar-refractivity contribution in [3.8, 4) is 17.0 Å². The summed E-state index contributed by atoms with van der Waals surface area (Å²) in [5.74, 6) is -0.483. The summed E-state index contributed by atoms with van der Waals surface area (Å²) in [6.45, 7) is 5.13. The van der Waals surface area contributed by atoms with Gasteiger partial charge in [0.05, 0.1) is 37.2 Å². The molecule has 3 aromatic rings. The molecule has 36 heavy (non-hydrogen) atoms. The first-order valence-electron chi connectivity index (χ1n) is 12.1. The average molecular weight is 520 g/mol. The van der Waals surface area contributed by atoms with Crippen LogP contribution in [0.3, 0.4) is 0 Å². The molecule has 1 aliphatic heterocycles. The third kappa shape index (κ3) is 6.80. The van der Waals surface area contributed by atoms with Crippen LogP contribution in [0.4, 0.5) is 0 Å². The molecule has 2 aromatic heterocycles. The van der Waals surface area contributed by atoms with Gasteiger partial charge in [0.25, 0.3) is 10.1 Å². The maximum absolute atomic E-state index is 10.9. The number of ether oxygens (including phenoxy) is 3. The number of fused-ring (bicyclic) bond motifs is 1. The number of benzene rings is 1. The lowest BCUT2D eigenvalue weighted by Crippen LogP contribution is -2.19. The van der Waals surface area contributed by atoms with E-state index in [0.29, 0.717) is 25.5 Å². The van der Waals surface area contributed by atoms with E-state index in [2.05, 4.69) is 4.98 Å². The van der Waals surface area contributed by atoms with Gasteiger partial charge in [0, 0.05) is 30.0 Å². The van der Waals surface area contributed by atoms with E-state index in [-0.39, 0.29) is 36.4 Å². The van der Waals surface area contributed by atoms with Gasteiger partial charge < -0.3 is 19.3 Å². The van der Waals surface area contributed by atoms with Crippen LogP contribution in [0.5, 0.6) is 5.75 Å². The van der Waals surface area contributed by atoms with Crippen molar-refractivity contribution in [2.45, 2.75) is 45.4 Å². The van der Waals surface area contributed by atoms with Gasteiger partial charge in [0.2, 0.25) is 0 Å². The molecule has 0 amide bonds. The molecule has 0 bridgehead atoms. The van der Waals surface area contributed by atoms with E-state index in [4.69, 9.17) is 23.9 Å². The first-order valence-corrected chi connectivity index (χ1v) is 13.7. The Hall–Kier alpha value is -2.57. The molecule has 4 rings (SSSR count). The lowest BCUT2D eigenvalue weighted by Gasteiger charge is -2.23. The summed E-state index contributed by atoms with van der Waals surface area (Å²) in [5, 5.41) is 15.8. The monoisotopic (exact) mass is 519 g/mol.